The molecule has 0 saturated carbocycles. The van der Waals surface area contributed by atoms with E-state index in [2.05, 4.69) is 10.3 Å². The predicted molar refractivity (Wildman–Crippen MR) is 76.5 cm³/mol. The zero-order chi connectivity index (χ0) is 16.1. The van der Waals surface area contributed by atoms with Crippen LogP contribution in [0.1, 0.15) is 17.0 Å². The maximum atomic E-state index is 12.0. The molecule has 0 fully saturated rings. The molecule has 1 amide bonds. The second kappa shape index (κ2) is 6.41. The van der Waals surface area contributed by atoms with Crippen LogP contribution in [-0.2, 0) is 11.3 Å². The van der Waals surface area contributed by atoms with E-state index in [9.17, 15) is 4.79 Å². The van der Waals surface area contributed by atoms with Gasteiger partial charge >= 0.3 is 0 Å². The molecule has 1 aromatic carbocycles. The number of aromatic nitrogens is 2. The van der Waals surface area contributed by atoms with Gasteiger partial charge in [0.15, 0.2) is 11.4 Å². The lowest BCUT2D eigenvalue weighted by Gasteiger charge is -2.07. The number of halogens is 1. The first kappa shape index (κ1) is 15.1. The molecular formula is C14H7ClN6O. The number of nitrogens with zero attached hydrogens (tertiary/aromatic N) is 5. The van der Waals surface area contributed by atoms with E-state index < -0.39 is 5.91 Å². The van der Waals surface area contributed by atoms with Gasteiger partial charge in [0, 0.05) is 5.69 Å². The Morgan fingerprint density at radius 2 is 2.05 bits per heavy atom. The van der Waals surface area contributed by atoms with Crippen molar-refractivity contribution in [2.75, 3.05) is 5.32 Å². The number of nitriles is 3. The summed E-state index contributed by atoms with van der Waals surface area (Å²) in [5.74, 6) is -0.417. The largest absolute Gasteiger partial charge is 0.324 e. The molecule has 0 aliphatic carbocycles. The number of anilines is 1. The Labute approximate surface area is 130 Å². The first-order valence-corrected chi connectivity index (χ1v) is 6.31. The molecule has 0 atom stereocenters. The Morgan fingerprint density at radius 1 is 1.27 bits per heavy atom. The number of rotatable bonds is 3. The summed E-state index contributed by atoms with van der Waals surface area (Å²) in [5, 5.41) is 29.4. The Balaban J connectivity index is 2.13. The van der Waals surface area contributed by atoms with Gasteiger partial charge in [-0.05, 0) is 18.2 Å². The van der Waals surface area contributed by atoms with E-state index in [-0.39, 0.29) is 23.0 Å². The van der Waals surface area contributed by atoms with Gasteiger partial charge in [-0.2, -0.15) is 15.8 Å². The van der Waals surface area contributed by atoms with Crippen molar-refractivity contribution >= 4 is 23.2 Å². The van der Waals surface area contributed by atoms with Gasteiger partial charge in [0.1, 0.15) is 24.8 Å². The van der Waals surface area contributed by atoms with Crippen molar-refractivity contribution in [3.05, 3.63) is 46.5 Å². The first-order chi connectivity index (χ1) is 10.6. The Morgan fingerprint density at radius 3 is 2.64 bits per heavy atom. The van der Waals surface area contributed by atoms with Crippen molar-refractivity contribution in [2.24, 2.45) is 0 Å². The fraction of sp³-hybridized carbons (Fsp3) is 0.0714. The van der Waals surface area contributed by atoms with Crippen LogP contribution in [0.25, 0.3) is 0 Å². The van der Waals surface area contributed by atoms with Crippen molar-refractivity contribution in [1.29, 1.82) is 15.8 Å². The lowest BCUT2D eigenvalue weighted by atomic mass is 10.2. The Kier molecular flexibility index (Phi) is 4.38. The summed E-state index contributed by atoms with van der Waals surface area (Å²) in [7, 11) is 0. The molecule has 0 unspecified atom stereocenters. The van der Waals surface area contributed by atoms with E-state index in [0.29, 0.717) is 11.3 Å². The number of amides is 1. The van der Waals surface area contributed by atoms with E-state index >= 15 is 0 Å². The topological polar surface area (TPSA) is 118 Å². The van der Waals surface area contributed by atoms with E-state index in [1.54, 1.807) is 12.1 Å². The van der Waals surface area contributed by atoms with Crippen LogP contribution in [0.5, 0.6) is 0 Å². The van der Waals surface area contributed by atoms with Crippen LogP contribution in [0.3, 0.4) is 0 Å². The summed E-state index contributed by atoms with van der Waals surface area (Å²) in [6.07, 6.45) is 1.25. The Bertz CT molecular complexity index is 865. The van der Waals surface area contributed by atoms with Gasteiger partial charge in [-0.1, -0.05) is 11.6 Å². The highest BCUT2D eigenvalue weighted by Gasteiger charge is 2.13. The standard InChI is InChI=1S/C14H7ClN6O/c15-11-3-10(2-1-9(11)4-16)20-14(22)7-21-8-19-12(5-17)13(21)6-18/h1-3,8H,7H2,(H,20,22). The van der Waals surface area contributed by atoms with Gasteiger partial charge in [-0.25, -0.2) is 4.98 Å². The maximum absolute atomic E-state index is 12.0. The van der Waals surface area contributed by atoms with Gasteiger partial charge in [-0.15, -0.1) is 0 Å². The third kappa shape index (κ3) is 3.04. The highest BCUT2D eigenvalue weighted by Crippen LogP contribution is 2.20. The summed E-state index contributed by atoms with van der Waals surface area (Å²) in [4.78, 5) is 15.7. The van der Waals surface area contributed by atoms with Crippen LogP contribution >= 0.6 is 11.6 Å². The predicted octanol–water partition coefficient (Wildman–Crippen LogP) is 1.79. The van der Waals surface area contributed by atoms with Crippen molar-refractivity contribution in [1.82, 2.24) is 9.55 Å². The quantitative estimate of drug-likeness (QED) is 0.927. The minimum Gasteiger partial charge on any atom is -0.324 e. The number of nitrogens with one attached hydrogen (secondary N) is 1. The molecule has 22 heavy (non-hydrogen) atoms. The number of imidazole rings is 1. The lowest BCUT2D eigenvalue weighted by molar-refractivity contribution is -0.116. The van der Waals surface area contributed by atoms with Gasteiger partial charge in [0.2, 0.25) is 5.91 Å². The van der Waals surface area contributed by atoms with Crippen LogP contribution in [0.4, 0.5) is 5.69 Å². The van der Waals surface area contributed by atoms with E-state index in [1.165, 1.54) is 23.0 Å². The highest BCUT2D eigenvalue weighted by atomic mass is 35.5. The minimum atomic E-state index is -0.417. The summed E-state index contributed by atoms with van der Waals surface area (Å²) in [6.45, 7) is -0.171. The van der Waals surface area contributed by atoms with Crippen LogP contribution in [0, 0.1) is 34.0 Å². The van der Waals surface area contributed by atoms with Crippen molar-refractivity contribution in [3.63, 3.8) is 0 Å². The van der Waals surface area contributed by atoms with Crippen LogP contribution in [0.15, 0.2) is 24.5 Å². The second-order valence-corrected chi connectivity index (χ2v) is 4.56. The fourth-order valence-electron chi connectivity index (χ4n) is 1.74. The highest BCUT2D eigenvalue weighted by molar-refractivity contribution is 6.32. The normalized spacial score (nSPS) is 9.36. The molecule has 1 aromatic heterocycles. The average Bonchev–Trinajstić information content (AvgIpc) is 2.89. The lowest BCUT2D eigenvalue weighted by Crippen LogP contribution is -2.19. The third-order valence-corrected chi connectivity index (χ3v) is 3.05. The van der Waals surface area contributed by atoms with Crippen molar-refractivity contribution in [3.8, 4) is 18.2 Å². The SMILES string of the molecule is N#Cc1ccc(NC(=O)Cn2cnc(C#N)c2C#N)cc1Cl. The zero-order valence-corrected chi connectivity index (χ0v) is 11.8. The van der Waals surface area contributed by atoms with Gasteiger partial charge in [0.05, 0.1) is 16.9 Å². The molecule has 1 heterocycles. The van der Waals surface area contributed by atoms with Crippen LogP contribution < -0.4 is 5.32 Å². The second-order valence-electron chi connectivity index (χ2n) is 4.15. The van der Waals surface area contributed by atoms with Crippen molar-refractivity contribution in [2.45, 2.75) is 6.54 Å². The Hall–Kier alpha value is -3.34. The van der Waals surface area contributed by atoms with E-state index in [1.807, 2.05) is 12.1 Å². The van der Waals surface area contributed by atoms with E-state index in [4.69, 9.17) is 27.4 Å². The molecule has 0 aliphatic heterocycles. The molecule has 8 heteroatoms. The van der Waals surface area contributed by atoms with Crippen LogP contribution in [0.2, 0.25) is 5.02 Å². The van der Waals surface area contributed by atoms with E-state index in [0.717, 1.165) is 0 Å². The summed E-state index contributed by atoms with van der Waals surface area (Å²) >= 11 is 5.87. The molecule has 1 N–H and O–H groups in total. The van der Waals surface area contributed by atoms with Gasteiger partial charge in [-0.3, -0.25) is 4.79 Å². The van der Waals surface area contributed by atoms with Gasteiger partial charge < -0.3 is 9.88 Å². The number of carbonyl (C=O) groups is 1. The molecule has 7 nitrogen and oxygen atoms in total. The third-order valence-electron chi connectivity index (χ3n) is 2.74. The monoisotopic (exact) mass is 310 g/mol. The summed E-state index contributed by atoms with van der Waals surface area (Å²) in [6, 6.07) is 10.0. The molecule has 0 spiro atoms. The molecule has 0 aliphatic rings. The molecule has 106 valence electrons. The minimum absolute atomic E-state index is 0.0236. The zero-order valence-electron chi connectivity index (χ0n) is 11.0. The molecule has 0 bridgehead atoms. The summed E-state index contributed by atoms with van der Waals surface area (Å²) in [5.41, 5.74) is 0.722. The number of benzene rings is 1. The maximum Gasteiger partial charge on any atom is 0.244 e. The number of carbonyl (C=O) groups excluding carboxylic acids is 1. The molecule has 0 radical (unpaired) electrons. The average molecular weight is 311 g/mol. The molecule has 0 saturated heterocycles. The number of hydrogen-bond donors (Lipinski definition) is 1. The molecule has 2 aromatic rings. The fourth-order valence-corrected chi connectivity index (χ4v) is 1.96. The summed E-state index contributed by atoms with van der Waals surface area (Å²) < 4.78 is 1.28. The first-order valence-electron chi connectivity index (χ1n) is 5.94. The van der Waals surface area contributed by atoms with Crippen molar-refractivity contribution < 1.29 is 4.79 Å². The molecule has 2 rings (SSSR count). The van der Waals surface area contributed by atoms with Crippen LogP contribution in [-0.4, -0.2) is 15.5 Å². The smallest absolute Gasteiger partial charge is 0.244 e. The molecular weight excluding hydrogens is 304 g/mol. The number of hydrogen-bond acceptors (Lipinski definition) is 5. The van der Waals surface area contributed by atoms with Gasteiger partial charge in [0.25, 0.3) is 0 Å².